The number of halogens is 4. The number of Topliss-reactive ketones (excluding diaryl/α,β-unsaturated/α-hetero) is 1. The van der Waals surface area contributed by atoms with Crippen LogP contribution in [0.5, 0.6) is 0 Å². The Labute approximate surface area is 154 Å². The summed E-state index contributed by atoms with van der Waals surface area (Å²) in [6, 6.07) is 10.7. The average Bonchev–Trinajstić information content (AvgIpc) is 2.66. The third-order valence-corrected chi connectivity index (χ3v) is 4.67. The van der Waals surface area contributed by atoms with E-state index in [0.29, 0.717) is 36.9 Å². The molecule has 0 aromatic heterocycles. The molecule has 1 aliphatic heterocycles. The summed E-state index contributed by atoms with van der Waals surface area (Å²) in [5, 5.41) is 3.27. The molecule has 0 saturated heterocycles. The SMILES string of the molecule is O=C(CCC1CC(c2cccc(C(F)(F)F)c2)=CCN1)c1ccc(F)cc1. The van der Waals surface area contributed by atoms with Crippen molar-refractivity contribution in [3.63, 3.8) is 0 Å². The van der Waals surface area contributed by atoms with Crippen molar-refractivity contribution in [3.8, 4) is 0 Å². The molecular weight excluding hydrogens is 358 g/mol. The highest BCUT2D eigenvalue weighted by atomic mass is 19.4. The Morgan fingerprint density at radius 1 is 1.11 bits per heavy atom. The van der Waals surface area contributed by atoms with Crippen LogP contribution in [0.1, 0.15) is 40.7 Å². The van der Waals surface area contributed by atoms with Gasteiger partial charge in [0.2, 0.25) is 0 Å². The van der Waals surface area contributed by atoms with Crippen molar-refractivity contribution in [2.75, 3.05) is 6.54 Å². The van der Waals surface area contributed by atoms with Gasteiger partial charge in [-0.3, -0.25) is 4.79 Å². The minimum Gasteiger partial charge on any atom is -0.310 e. The standard InChI is InChI=1S/C21H19F4NO/c22-18-6-4-14(5-7-18)20(27)9-8-19-13-16(10-11-26-19)15-2-1-3-17(12-15)21(23,24)25/h1-7,10,12,19,26H,8-9,11,13H2. The van der Waals surface area contributed by atoms with E-state index in [0.717, 1.165) is 17.7 Å². The molecule has 0 bridgehead atoms. The highest BCUT2D eigenvalue weighted by Gasteiger charge is 2.30. The van der Waals surface area contributed by atoms with Gasteiger partial charge in [0.05, 0.1) is 5.56 Å². The number of rotatable bonds is 5. The maximum Gasteiger partial charge on any atom is 0.416 e. The molecule has 2 aromatic rings. The molecule has 2 nitrogen and oxygen atoms in total. The Morgan fingerprint density at radius 3 is 2.56 bits per heavy atom. The van der Waals surface area contributed by atoms with Gasteiger partial charge in [-0.05, 0) is 60.4 Å². The lowest BCUT2D eigenvalue weighted by Crippen LogP contribution is -2.33. The zero-order valence-electron chi connectivity index (χ0n) is 14.5. The van der Waals surface area contributed by atoms with Crippen molar-refractivity contribution in [1.82, 2.24) is 5.32 Å². The molecule has 1 atom stereocenters. The molecule has 1 aliphatic rings. The second-order valence-electron chi connectivity index (χ2n) is 6.59. The number of carbonyl (C=O) groups excluding carboxylic acids is 1. The molecule has 3 rings (SSSR count). The summed E-state index contributed by atoms with van der Waals surface area (Å²) in [6.07, 6.45) is -1.08. The van der Waals surface area contributed by atoms with Crippen molar-refractivity contribution >= 4 is 11.4 Å². The molecule has 142 valence electrons. The lowest BCUT2D eigenvalue weighted by atomic mass is 9.91. The molecule has 0 radical (unpaired) electrons. The summed E-state index contributed by atoms with van der Waals surface area (Å²) in [5.41, 5.74) is 1.20. The van der Waals surface area contributed by atoms with E-state index >= 15 is 0 Å². The second kappa shape index (κ2) is 8.05. The Balaban J connectivity index is 1.62. The summed E-state index contributed by atoms with van der Waals surface area (Å²) in [4.78, 5) is 12.2. The molecule has 0 spiro atoms. The predicted molar refractivity (Wildman–Crippen MR) is 95.8 cm³/mol. The lowest BCUT2D eigenvalue weighted by Gasteiger charge is -2.25. The van der Waals surface area contributed by atoms with Crippen LogP contribution < -0.4 is 5.32 Å². The quantitative estimate of drug-likeness (QED) is 0.569. The molecule has 0 aliphatic carbocycles. The summed E-state index contributed by atoms with van der Waals surface area (Å²) in [5.74, 6) is -0.469. The first kappa shape index (κ1) is 19.3. The molecule has 2 aromatic carbocycles. The molecular formula is C21H19F4NO. The summed E-state index contributed by atoms with van der Waals surface area (Å²) >= 11 is 0. The van der Waals surface area contributed by atoms with Crippen molar-refractivity contribution in [2.24, 2.45) is 0 Å². The molecule has 0 fully saturated rings. The van der Waals surface area contributed by atoms with Crippen LogP contribution in [0.2, 0.25) is 0 Å². The lowest BCUT2D eigenvalue weighted by molar-refractivity contribution is -0.137. The number of carbonyl (C=O) groups is 1. The van der Waals surface area contributed by atoms with Crippen LogP contribution in [0, 0.1) is 5.82 Å². The van der Waals surface area contributed by atoms with Crippen LogP contribution >= 0.6 is 0 Å². The molecule has 1 N–H and O–H groups in total. The largest absolute Gasteiger partial charge is 0.416 e. The fourth-order valence-corrected chi connectivity index (χ4v) is 3.19. The normalized spacial score (nSPS) is 17.5. The van der Waals surface area contributed by atoms with Gasteiger partial charge < -0.3 is 5.32 Å². The third kappa shape index (κ3) is 5.04. The first-order valence-electron chi connectivity index (χ1n) is 8.72. The third-order valence-electron chi connectivity index (χ3n) is 4.67. The minimum atomic E-state index is -4.37. The first-order valence-corrected chi connectivity index (χ1v) is 8.72. The Morgan fingerprint density at radius 2 is 1.85 bits per heavy atom. The highest BCUT2D eigenvalue weighted by molar-refractivity contribution is 5.96. The van der Waals surface area contributed by atoms with Gasteiger partial charge in [-0.25, -0.2) is 4.39 Å². The summed E-state index contributed by atoms with van der Waals surface area (Å²) < 4.78 is 51.7. The van der Waals surface area contributed by atoms with Crippen molar-refractivity contribution in [1.29, 1.82) is 0 Å². The zero-order chi connectivity index (χ0) is 19.4. The van der Waals surface area contributed by atoms with E-state index in [1.807, 2.05) is 6.08 Å². The van der Waals surface area contributed by atoms with Crippen molar-refractivity contribution in [2.45, 2.75) is 31.5 Å². The Hall–Kier alpha value is -2.47. The van der Waals surface area contributed by atoms with Gasteiger partial charge in [-0.2, -0.15) is 13.2 Å². The van der Waals surface area contributed by atoms with Crippen LogP contribution in [-0.2, 0) is 6.18 Å². The fraction of sp³-hybridized carbons (Fsp3) is 0.286. The summed E-state index contributed by atoms with van der Waals surface area (Å²) in [7, 11) is 0. The second-order valence-corrected chi connectivity index (χ2v) is 6.59. The van der Waals surface area contributed by atoms with Gasteiger partial charge in [0.25, 0.3) is 0 Å². The number of hydrogen-bond donors (Lipinski definition) is 1. The predicted octanol–water partition coefficient (Wildman–Crippen LogP) is 5.25. The topological polar surface area (TPSA) is 29.1 Å². The fourth-order valence-electron chi connectivity index (χ4n) is 3.19. The van der Waals surface area contributed by atoms with E-state index in [9.17, 15) is 22.4 Å². The molecule has 0 amide bonds. The Kier molecular flexibility index (Phi) is 5.75. The van der Waals surface area contributed by atoms with Crippen LogP contribution in [-0.4, -0.2) is 18.4 Å². The van der Waals surface area contributed by atoms with E-state index in [1.165, 1.54) is 30.3 Å². The van der Waals surface area contributed by atoms with E-state index in [4.69, 9.17) is 0 Å². The van der Waals surface area contributed by atoms with E-state index < -0.39 is 17.6 Å². The molecule has 1 heterocycles. The van der Waals surface area contributed by atoms with Gasteiger partial charge in [0.15, 0.2) is 5.78 Å². The van der Waals surface area contributed by atoms with Gasteiger partial charge in [0, 0.05) is 24.6 Å². The number of hydrogen-bond acceptors (Lipinski definition) is 2. The zero-order valence-corrected chi connectivity index (χ0v) is 14.5. The number of ketones is 1. The number of alkyl halides is 3. The van der Waals surface area contributed by atoms with E-state index in [2.05, 4.69) is 5.32 Å². The van der Waals surface area contributed by atoms with E-state index in [1.54, 1.807) is 6.07 Å². The average molecular weight is 377 g/mol. The maximum atomic E-state index is 12.9. The minimum absolute atomic E-state index is 0.00365. The van der Waals surface area contributed by atoms with Gasteiger partial charge in [-0.15, -0.1) is 0 Å². The number of benzene rings is 2. The van der Waals surface area contributed by atoms with Crippen molar-refractivity contribution < 1.29 is 22.4 Å². The smallest absolute Gasteiger partial charge is 0.310 e. The van der Waals surface area contributed by atoms with Crippen LogP contribution in [0.4, 0.5) is 17.6 Å². The van der Waals surface area contributed by atoms with E-state index in [-0.39, 0.29) is 11.8 Å². The van der Waals surface area contributed by atoms with Gasteiger partial charge in [-0.1, -0.05) is 18.2 Å². The Bertz CT molecular complexity index is 840. The summed E-state index contributed by atoms with van der Waals surface area (Å²) in [6.45, 7) is 0.543. The van der Waals surface area contributed by atoms with Crippen LogP contribution in [0.25, 0.3) is 5.57 Å². The molecule has 6 heteroatoms. The first-order chi connectivity index (χ1) is 12.8. The van der Waals surface area contributed by atoms with Gasteiger partial charge in [0.1, 0.15) is 5.82 Å². The van der Waals surface area contributed by atoms with Crippen LogP contribution in [0.3, 0.4) is 0 Å². The van der Waals surface area contributed by atoms with Crippen molar-refractivity contribution in [3.05, 3.63) is 77.1 Å². The highest BCUT2D eigenvalue weighted by Crippen LogP contribution is 2.32. The molecule has 0 saturated carbocycles. The van der Waals surface area contributed by atoms with Crippen LogP contribution in [0.15, 0.2) is 54.6 Å². The maximum absolute atomic E-state index is 12.9. The monoisotopic (exact) mass is 377 g/mol. The molecule has 27 heavy (non-hydrogen) atoms. The molecule has 1 unspecified atom stereocenters. The van der Waals surface area contributed by atoms with Gasteiger partial charge >= 0.3 is 6.18 Å². The number of nitrogens with one attached hydrogen (secondary N) is 1.